The van der Waals surface area contributed by atoms with Gasteiger partial charge in [0.1, 0.15) is 12.4 Å². The molecule has 0 radical (unpaired) electrons. The highest BCUT2D eigenvalue weighted by molar-refractivity contribution is 6.14. The zero-order valence-corrected chi connectivity index (χ0v) is 18.5. The molecular formula is C26H31N3O. The van der Waals surface area contributed by atoms with Crippen LogP contribution in [0.4, 0.5) is 0 Å². The maximum atomic E-state index is 6.18. The Bertz CT molecular complexity index is 1230. The van der Waals surface area contributed by atoms with Crippen LogP contribution in [0.1, 0.15) is 32.3 Å². The summed E-state index contributed by atoms with van der Waals surface area (Å²) < 4.78 is 8.49. The van der Waals surface area contributed by atoms with E-state index in [1.807, 2.05) is 12.4 Å². The molecule has 4 nitrogen and oxygen atoms in total. The Morgan fingerprint density at radius 2 is 1.83 bits per heavy atom. The van der Waals surface area contributed by atoms with Crippen LogP contribution in [0.3, 0.4) is 0 Å². The van der Waals surface area contributed by atoms with Crippen molar-refractivity contribution in [3.8, 4) is 5.75 Å². The predicted molar refractivity (Wildman–Crippen MR) is 125 cm³/mol. The van der Waals surface area contributed by atoms with Gasteiger partial charge in [-0.25, -0.2) is 0 Å². The summed E-state index contributed by atoms with van der Waals surface area (Å²) >= 11 is 0. The lowest BCUT2D eigenvalue weighted by Crippen LogP contribution is -2.39. The average molecular weight is 402 g/mol. The van der Waals surface area contributed by atoms with Crippen molar-refractivity contribution >= 4 is 32.6 Å². The minimum Gasteiger partial charge on any atom is -0.492 e. The van der Waals surface area contributed by atoms with Crippen molar-refractivity contribution in [1.82, 2.24) is 14.5 Å². The summed E-state index contributed by atoms with van der Waals surface area (Å²) in [4.78, 5) is 6.85. The Hall–Kier alpha value is -2.59. The molecule has 0 aliphatic carbocycles. The first-order valence-corrected chi connectivity index (χ1v) is 11.0. The molecule has 0 spiro atoms. The lowest BCUT2D eigenvalue weighted by atomic mass is 9.83. The molecule has 1 aliphatic heterocycles. The molecule has 2 aromatic carbocycles. The Morgan fingerprint density at radius 3 is 2.63 bits per heavy atom. The van der Waals surface area contributed by atoms with Crippen molar-refractivity contribution in [3.05, 3.63) is 48.3 Å². The molecule has 156 valence electrons. The SMILES string of the molecule is Cc1c2ccncc2cc2c3cc(OCCN4CCC(C)(C)CC4)ccc3n(C)c12. The Labute approximate surface area is 178 Å². The minimum atomic E-state index is 0.495. The fourth-order valence-electron chi connectivity index (χ4n) is 4.96. The van der Waals surface area contributed by atoms with Crippen molar-refractivity contribution in [2.45, 2.75) is 33.6 Å². The zero-order valence-electron chi connectivity index (χ0n) is 18.5. The maximum absolute atomic E-state index is 6.18. The second kappa shape index (κ2) is 7.28. The lowest BCUT2D eigenvalue weighted by molar-refractivity contribution is 0.116. The first kappa shape index (κ1) is 19.4. The van der Waals surface area contributed by atoms with Crippen molar-refractivity contribution in [2.24, 2.45) is 12.5 Å². The van der Waals surface area contributed by atoms with E-state index in [0.717, 1.165) is 18.9 Å². The summed E-state index contributed by atoms with van der Waals surface area (Å²) in [5.41, 5.74) is 4.33. The summed E-state index contributed by atoms with van der Waals surface area (Å²) in [5, 5.41) is 4.98. The van der Waals surface area contributed by atoms with Crippen LogP contribution in [0.5, 0.6) is 5.75 Å². The van der Waals surface area contributed by atoms with Gasteiger partial charge in [-0.1, -0.05) is 13.8 Å². The number of likely N-dealkylation sites (tertiary alicyclic amines) is 1. The number of pyridine rings is 1. The number of benzene rings is 2. The van der Waals surface area contributed by atoms with Crippen LogP contribution in [-0.4, -0.2) is 40.7 Å². The largest absolute Gasteiger partial charge is 0.492 e. The van der Waals surface area contributed by atoms with Gasteiger partial charge in [-0.3, -0.25) is 9.88 Å². The molecule has 5 rings (SSSR count). The molecule has 1 saturated heterocycles. The van der Waals surface area contributed by atoms with Gasteiger partial charge in [-0.2, -0.15) is 0 Å². The number of aromatic nitrogens is 2. The van der Waals surface area contributed by atoms with E-state index in [2.05, 4.69) is 72.6 Å². The smallest absolute Gasteiger partial charge is 0.120 e. The monoisotopic (exact) mass is 401 g/mol. The number of ether oxygens (including phenoxy) is 1. The Kier molecular flexibility index (Phi) is 4.70. The first-order valence-electron chi connectivity index (χ1n) is 11.0. The third kappa shape index (κ3) is 3.33. The molecule has 0 N–H and O–H groups in total. The molecular weight excluding hydrogens is 370 g/mol. The maximum Gasteiger partial charge on any atom is 0.120 e. The van der Waals surface area contributed by atoms with Crippen molar-refractivity contribution in [2.75, 3.05) is 26.2 Å². The topological polar surface area (TPSA) is 30.3 Å². The molecule has 30 heavy (non-hydrogen) atoms. The number of aryl methyl sites for hydroxylation is 2. The van der Waals surface area contributed by atoms with E-state index >= 15 is 0 Å². The highest BCUT2D eigenvalue weighted by atomic mass is 16.5. The second-order valence-corrected chi connectivity index (χ2v) is 9.59. The molecule has 0 atom stereocenters. The van der Waals surface area contributed by atoms with Gasteiger partial charge in [-0.05, 0) is 79.6 Å². The van der Waals surface area contributed by atoms with E-state index in [4.69, 9.17) is 4.74 Å². The third-order valence-electron chi connectivity index (χ3n) is 7.01. The standard InChI is InChI=1S/C26H31N3O/c1-18-21-7-10-27-17-19(21)15-23-22-16-20(5-6-24(22)28(4)25(18)23)30-14-13-29-11-8-26(2,3)9-12-29/h5-7,10,15-17H,8-9,11-14H2,1-4H3. The van der Waals surface area contributed by atoms with E-state index in [1.165, 1.54) is 64.1 Å². The van der Waals surface area contributed by atoms with Crippen LogP contribution in [0, 0.1) is 12.3 Å². The van der Waals surface area contributed by atoms with Gasteiger partial charge in [0.15, 0.2) is 0 Å². The highest BCUT2D eigenvalue weighted by Gasteiger charge is 2.25. The predicted octanol–water partition coefficient (Wildman–Crippen LogP) is 5.69. The van der Waals surface area contributed by atoms with Crippen molar-refractivity contribution in [1.29, 1.82) is 0 Å². The summed E-state index contributed by atoms with van der Waals surface area (Å²) in [6.45, 7) is 11.1. The Balaban J connectivity index is 1.42. The third-order valence-corrected chi connectivity index (χ3v) is 7.01. The molecule has 2 aromatic heterocycles. The van der Waals surface area contributed by atoms with E-state index in [0.29, 0.717) is 5.41 Å². The van der Waals surface area contributed by atoms with Crippen LogP contribution < -0.4 is 4.74 Å². The fourth-order valence-corrected chi connectivity index (χ4v) is 4.96. The average Bonchev–Trinajstić information content (AvgIpc) is 3.01. The van der Waals surface area contributed by atoms with Crippen LogP contribution in [0.15, 0.2) is 42.7 Å². The molecule has 0 amide bonds. The highest BCUT2D eigenvalue weighted by Crippen LogP contribution is 2.36. The summed E-state index contributed by atoms with van der Waals surface area (Å²) in [5.74, 6) is 0.955. The molecule has 4 heteroatoms. The first-order chi connectivity index (χ1) is 14.4. The van der Waals surface area contributed by atoms with Gasteiger partial charge < -0.3 is 9.30 Å². The number of hydrogen-bond acceptors (Lipinski definition) is 3. The van der Waals surface area contributed by atoms with Crippen molar-refractivity contribution in [3.63, 3.8) is 0 Å². The normalized spacial score (nSPS) is 17.2. The van der Waals surface area contributed by atoms with E-state index in [1.54, 1.807) is 0 Å². The van der Waals surface area contributed by atoms with Gasteiger partial charge in [0.05, 0.1) is 5.52 Å². The Morgan fingerprint density at radius 1 is 1.03 bits per heavy atom. The lowest BCUT2D eigenvalue weighted by Gasteiger charge is -2.36. The molecule has 0 bridgehead atoms. The fraction of sp³-hybridized carbons (Fsp3) is 0.423. The van der Waals surface area contributed by atoms with Gasteiger partial charge in [0.25, 0.3) is 0 Å². The number of hydrogen-bond donors (Lipinski definition) is 0. The summed E-state index contributed by atoms with van der Waals surface area (Å²) in [6.07, 6.45) is 6.38. The molecule has 3 heterocycles. The summed E-state index contributed by atoms with van der Waals surface area (Å²) in [6, 6.07) is 10.9. The number of piperidine rings is 1. The number of rotatable bonds is 4. The minimum absolute atomic E-state index is 0.495. The molecule has 0 saturated carbocycles. The quantitative estimate of drug-likeness (QED) is 0.440. The van der Waals surface area contributed by atoms with E-state index in [9.17, 15) is 0 Å². The van der Waals surface area contributed by atoms with Crippen LogP contribution in [-0.2, 0) is 7.05 Å². The van der Waals surface area contributed by atoms with Crippen LogP contribution in [0.25, 0.3) is 32.6 Å². The summed E-state index contributed by atoms with van der Waals surface area (Å²) in [7, 11) is 2.16. The van der Waals surface area contributed by atoms with Gasteiger partial charge in [0, 0.05) is 47.7 Å². The molecule has 1 fully saturated rings. The van der Waals surface area contributed by atoms with E-state index < -0.39 is 0 Å². The molecule has 4 aromatic rings. The van der Waals surface area contributed by atoms with Gasteiger partial charge >= 0.3 is 0 Å². The van der Waals surface area contributed by atoms with Crippen LogP contribution >= 0.6 is 0 Å². The molecule has 0 unspecified atom stereocenters. The van der Waals surface area contributed by atoms with Gasteiger partial charge in [-0.15, -0.1) is 0 Å². The number of nitrogens with zero attached hydrogens (tertiary/aromatic N) is 3. The van der Waals surface area contributed by atoms with E-state index in [-0.39, 0.29) is 0 Å². The number of fused-ring (bicyclic) bond motifs is 4. The van der Waals surface area contributed by atoms with Crippen molar-refractivity contribution < 1.29 is 4.74 Å². The molecule has 1 aliphatic rings. The van der Waals surface area contributed by atoms with Gasteiger partial charge in [0.2, 0.25) is 0 Å². The van der Waals surface area contributed by atoms with Crippen LogP contribution in [0.2, 0.25) is 0 Å². The second-order valence-electron chi connectivity index (χ2n) is 9.59. The zero-order chi connectivity index (χ0) is 20.9.